The maximum absolute atomic E-state index is 6.99. The van der Waals surface area contributed by atoms with E-state index < -0.39 is 0 Å². The van der Waals surface area contributed by atoms with Crippen LogP contribution in [-0.2, 0) is 7.05 Å². The highest BCUT2D eigenvalue weighted by atomic mass is 16.5. The largest absolute Gasteiger partial charge is 0.489 e. The van der Waals surface area contributed by atoms with Gasteiger partial charge in [-0.3, -0.25) is 0 Å². The summed E-state index contributed by atoms with van der Waals surface area (Å²) in [5.41, 5.74) is 7.18. The monoisotopic (exact) mass is 623 g/mol. The van der Waals surface area contributed by atoms with Gasteiger partial charge in [0, 0.05) is 37.5 Å². The lowest BCUT2D eigenvalue weighted by molar-refractivity contribution is 0.0694. The van der Waals surface area contributed by atoms with Crippen molar-refractivity contribution in [2.75, 3.05) is 18.4 Å². The molecule has 5 rings (SSSR count). The standard InChI is InChI=1S/C37H47N5O2.C2H6/c1-8-10-18-39-37(35-25(4)11-12-26(5)36(35)44-34-17-19-38-22-30(34)24(3)9-2)41-28-13-16-33(27(6)20-28)43-29-14-15-32-31(21-29)40-23-42(32)7;1-2/h10-16,18,20-21,23-24,30,34,38H,8-9,17,19,22H2,1-7H3,(H,39,41);1-2H3/b18-10+;. The molecule has 1 aliphatic heterocycles. The highest BCUT2D eigenvalue weighted by Crippen LogP contribution is 2.35. The second kappa shape index (κ2) is 16.5. The fourth-order valence-electron chi connectivity index (χ4n) is 5.93. The zero-order valence-corrected chi connectivity index (χ0v) is 29.3. The van der Waals surface area contributed by atoms with Crippen LogP contribution >= 0.6 is 0 Å². The summed E-state index contributed by atoms with van der Waals surface area (Å²) in [5, 5.41) is 7.23. The topological polar surface area (TPSA) is 72.7 Å². The molecule has 4 aromatic rings. The maximum atomic E-state index is 6.99. The molecular formula is C39H53N5O2. The predicted molar refractivity (Wildman–Crippen MR) is 194 cm³/mol. The molecule has 1 saturated heterocycles. The quantitative estimate of drug-likeness (QED) is 0.136. The van der Waals surface area contributed by atoms with Gasteiger partial charge in [-0.15, -0.1) is 0 Å². The van der Waals surface area contributed by atoms with E-state index in [-0.39, 0.29) is 6.10 Å². The Labute approximate surface area is 276 Å². The lowest BCUT2D eigenvalue weighted by Gasteiger charge is -2.37. The number of nitrogens with one attached hydrogen (secondary N) is 2. The number of aromatic nitrogens is 2. The first-order valence-corrected chi connectivity index (χ1v) is 17.0. The second-order valence-electron chi connectivity index (χ2n) is 12.1. The van der Waals surface area contributed by atoms with Crippen LogP contribution in [0.4, 0.5) is 5.69 Å². The van der Waals surface area contributed by atoms with Gasteiger partial charge < -0.3 is 24.7 Å². The summed E-state index contributed by atoms with van der Waals surface area (Å²) in [6.07, 6.45) is 8.97. The van der Waals surface area contributed by atoms with E-state index in [1.807, 2.05) is 68.3 Å². The molecule has 0 bridgehead atoms. The van der Waals surface area contributed by atoms with Gasteiger partial charge in [-0.1, -0.05) is 59.2 Å². The number of anilines is 1. The van der Waals surface area contributed by atoms with Crippen molar-refractivity contribution in [2.45, 2.75) is 80.8 Å². The number of imidazole rings is 1. The highest BCUT2D eigenvalue weighted by molar-refractivity contribution is 6.11. The van der Waals surface area contributed by atoms with Crippen LogP contribution in [0.3, 0.4) is 0 Å². The number of nitrogens with zero attached hydrogens (tertiary/aromatic N) is 3. The van der Waals surface area contributed by atoms with E-state index in [0.717, 1.165) is 94.4 Å². The van der Waals surface area contributed by atoms with Crippen molar-refractivity contribution in [3.05, 3.63) is 89.4 Å². The minimum atomic E-state index is 0.155. The first kappa shape index (κ1) is 34.8. The van der Waals surface area contributed by atoms with Crippen molar-refractivity contribution in [3.63, 3.8) is 0 Å². The Morgan fingerprint density at radius 2 is 1.85 bits per heavy atom. The number of rotatable bonds is 10. The molecule has 3 aromatic carbocycles. The van der Waals surface area contributed by atoms with Crippen molar-refractivity contribution in [3.8, 4) is 17.2 Å². The van der Waals surface area contributed by atoms with Crippen LogP contribution in [0.5, 0.6) is 17.2 Å². The van der Waals surface area contributed by atoms with Crippen molar-refractivity contribution in [1.82, 2.24) is 14.9 Å². The van der Waals surface area contributed by atoms with Crippen LogP contribution in [-0.4, -0.2) is 34.6 Å². The highest BCUT2D eigenvalue weighted by Gasteiger charge is 2.32. The first-order valence-electron chi connectivity index (χ1n) is 17.0. The number of benzene rings is 3. The fraction of sp³-hybridized carbons (Fsp3) is 0.436. The van der Waals surface area contributed by atoms with Crippen LogP contribution in [0.25, 0.3) is 11.0 Å². The van der Waals surface area contributed by atoms with Gasteiger partial charge in [-0.2, -0.15) is 0 Å². The number of aryl methyl sites for hydroxylation is 4. The molecule has 7 nitrogen and oxygen atoms in total. The smallest absolute Gasteiger partial charge is 0.141 e. The van der Waals surface area contributed by atoms with Crippen molar-refractivity contribution < 1.29 is 9.47 Å². The third-order valence-electron chi connectivity index (χ3n) is 8.81. The zero-order chi connectivity index (χ0) is 33.2. The number of piperidine rings is 1. The van der Waals surface area contributed by atoms with Gasteiger partial charge in [0.2, 0.25) is 0 Å². The van der Waals surface area contributed by atoms with Crippen LogP contribution in [0.2, 0.25) is 0 Å². The molecule has 0 amide bonds. The van der Waals surface area contributed by atoms with Crippen molar-refractivity contribution in [2.24, 2.45) is 23.9 Å². The molecule has 0 saturated carbocycles. The molecule has 46 heavy (non-hydrogen) atoms. The average molecular weight is 624 g/mol. The molecule has 1 aromatic heterocycles. The average Bonchev–Trinajstić information content (AvgIpc) is 3.44. The maximum Gasteiger partial charge on any atom is 0.141 e. The van der Waals surface area contributed by atoms with Crippen LogP contribution in [0, 0.1) is 32.6 Å². The lowest BCUT2D eigenvalue weighted by Crippen LogP contribution is -2.46. The molecule has 2 heterocycles. The van der Waals surface area contributed by atoms with E-state index in [0.29, 0.717) is 11.8 Å². The number of ether oxygens (including phenoxy) is 2. The van der Waals surface area contributed by atoms with Gasteiger partial charge in [0.1, 0.15) is 29.2 Å². The molecule has 3 unspecified atom stereocenters. The molecule has 0 spiro atoms. The summed E-state index contributed by atoms with van der Waals surface area (Å²) in [6.45, 7) is 19.0. The Hall–Kier alpha value is -4.10. The molecule has 1 aliphatic rings. The first-order chi connectivity index (χ1) is 22.3. The summed E-state index contributed by atoms with van der Waals surface area (Å²) in [4.78, 5) is 9.41. The minimum absolute atomic E-state index is 0.155. The van der Waals surface area contributed by atoms with Crippen molar-refractivity contribution in [1.29, 1.82) is 0 Å². The Morgan fingerprint density at radius 1 is 1.07 bits per heavy atom. The second-order valence-corrected chi connectivity index (χ2v) is 12.1. The Kier molecular flexibility index (Phi) is 12.4. The molecule has 2 N–H and O–H groups in total. The van der Waals surface area contributed by atoms with Gasteiger partial charge >= 0.3 is 0 Å². The van der Waals surface area contributed by atoms with Crippen LogP contribution < -0.4 is 20.1 Å². The lowest BCUT2D eigenvalue weighted by atomic mass is 9.83. The molecular weight excluding hydrogens is 570 g/mol. The summed E-state index contributed by atoms with van der Waals surface area (Å²) >= 11 is 0. The van der Waals surface area contributed by atoms with Crippen LogP contribution in [0.1, 0.15) is 76.1 Å². The number of hydrogen-bond acceptors (Lipinski definition) is 5. The van der Waals surface area contributed by atoms with E-state index in [1.165, 1.54) is 0 Å². The van der Waals surface area contributed by atoms with Gasteiger partial charge in [0.15, 0.2) is 0 Å². The van der Waals surface area contributed by atoms with E-state index in [1.54, 1.807) is 0 Å². The number of aliphatic imine (C=N–C) groups is 1. The Morgan fingerprint density at radius 3 is 2.59 bits per heavy atom. The molecule has 7 heteroatoms. The third kappa shape index (κ3) is 8.18. The van der Waals surface area contributed by atoms with Gasteiger partial charge in [0.25, 0.3) is 0 Å². The molecule has 3 atom stereocenters. The number of fused-ring (bicyclic) bond motifs is 1. The van der Waals surface area contributed by atoms with E-state index in [2.05, 4.69) is 81.4 Å². The zero-order valence-electron chi connectivity index (χ0n) is 29.3. The van der Waals surface area contributed by atoms with E-state index in [4.69, 9.17) is 14.5 Å². The third-order valence-corrected chi connectivity index (χ3v) is 8.81. The molecule has 0 radical (unpaired) electrons. The predicted octanol–water partition coefficient (Wildman–Crippen LogP) is 9.50. The van der Waals surface area contributed by atoms with Gasteiger partial charge in [0.05, 0.1) is 22.9 Å². The molecule has 246 valence electrons. The van der Waals surface area contributed by atoms with Gasteiger partial charge in [-0.05, 0) is 93.1 Å². The number of amidine groups is 1. The summed E-state index contributed by atoms with van der Waals surface area (Å²) in [5.74, 6) is 4.29. The number of allylic oxidation sites excluding steroid dienone is 1. The summed E-state index contributed by atoms with van der Waals surface area (Å²) in [7, 11) is 1.99. The molecule has 0 aliphatic carbocycles. The Bertz CT molecular complexity index is 1650. The molecule has 1 fully saturated rings. The minimum Gasteiger partial charge on any atom is -0.489 e. The summed E-state index contributed by atoms with van der Waals surface area (Å²) < 4.78 is 15.3. The van der Waals surface area contributed by atoms with E-state index in [9.17, 15) is 0 Å². The Balaban J connectivity index is 0.00000235. The van der Waals surface area contributed by atoms with Crippen molar-refractivity contribution >= 4 is 22.6 Å². The van der Waals surface area contributed by atoms with Gasteiger partial charge in [-0.25, -0.2) is 9.98 Å². The number of hydrogen-bond donors (Lipinski definition) is 2. The SMILES string of the molecule is CC.CC/C=C/N=C(Nc1ccc(Oc2ccc3c(c2)ncn3C)c(C)c1)c1c(C)ccc(C)c1OC1CCNCC1C(C)CC. The van der Waals surface area contributed by atoms with E-state index >= 15 is 0 Å². The summed E-state index contributed by atoms with van der Waals surface area (Å²) in [6, 6.07) is 16.5. The fourth-order valence-corrected chi connectivity index (χ4v) is 5.93. The van der Waals surface area contributed by atoms with Crippen LogP contribution in [0.15, 0.2) is 72.1 Å². The normalized spacial score (nSPS) is 17.5.